The number of phenols is 1. The highest BCUT2D eigenvalue weighted by Gasteiger charge is 2.56. The predicted octanol–water partition coefficient (Wildman–Crippen LogP) is 4.33. The van der Waals surface area contributed by atoms with Crippen molar-refractivity contribution >= 4 is 23.4 Å². The van der Waals surface area contributed by atoms with Gasteiger partial charge in [-0.1, -0.05) is 54.1 Å². The van der Waals surface area contributed by atoms with Gasteiger partial charge in [-0.3, -0.25) is 24.1 Å². The molecule has 4 unspecified atom stereocenters. The molecular formula is C31H27NO5. The number of rotatable bonds is 3. The summed E-state index contributed by atoms with van der Waals surface area (Å²) >= 11 is 0. The number of carbonyl (C=O) groups excluding carboxylic acids is 4. The van der Waals surface area contributed by atoms with Crippen molar-refractivity contribution in [3.05, 3.63) is 99.7 Å². The van der Waals surface area contributed by atoms with Crippen LogP contribution in [0.5, 0.6) is 5.75 Å². The van der Waals surface area contributed by atoms with Gasteiger partial charge in [0.2, 0.25) is 11.8 Å². The molecule has 4 atom stereocenters. The van der Waals surface area contributed by atoms with Crippen LogP contribution in [-0.2, 0) is 25.7 Å². The fourth-order valence-corrected chi connectivity index (χ4v) is 6.59. The molecule has 2 aromatic rings. The third kappa shape index (κ3) is 3.54. The van der Waals surface area contributed by atoms with E-state index in [0.29, 0.717) is 28.7 Å². The first-order valence-corrected chi connectivity index (χ1v) is 12.6. The number of phenolic OH excluding ortho intramolecular Hbond substituents is 1. The standard InChI is InChI=1S/C31H27NO5/c1-16-12-19(8-11-24(16)33)26-20-9-10-21-27(22(20)14-23-25(34)13-17(2)29(35)28(23)26)31(37)32(30(21)36)15-18-6-4-3-5-7-18/h3-9,11-13,21-22,26-27,33H,10,14-15H2,1-2H3. The molecule has 2 amide bonds. The molecule has 37 heavy (non-hydrogen) atoms. The van der Waals surface area contributed by atoms with E-state index in [1.54, 1.807) is 26.0 Å². The van der Waals surface area contributed by atoms with Crippen molar-refractivity contribution < 1.29 is 24.3 Å². The van der Waals surface area contributed by atoms with Gasteiger partial charge in [0.15, 0.2) is 11.6 Å². The minimum atomic E-state index is -0.569. The quantitative estimate of drug-likeness (QED) is 0.390. The fourth-order valence-electron chi connectivity index (χ4n) is 6.59. The summed E-state index contributed by atoms with van der Waals surface area (Å²) < 4.78 is 0. The molecule has 1 aliphatic heterocycles. The van der Waals surface area contributed by atoms with Crippen LogP contribution in [0, 0.1) is 24.7 Å². The van der Waals surface area contributed by atoms with Crippen molar-refractivity contribution in [2.75, 3.05) is 0 Å². The van der Waals surface area contributed by atoms with Crippen LogP contribution in [0.3, 0.4) is 0 Å². The lowest BCUT2D eigenvalue weighted by molar-refractivity contribution is -0.140. The van der Waals surface area contributed by atoms with Crippen LogP contribution >= 0.6 is 0 Å². The molecule has 1 fully saturated rings. The fraction of sp³-hybridized carbons (Fsp3) is 0.290. The van der Waals surface area contributed by atoms with Gasteiger partial charge < -0.3 is 5.11 Å². The average molecular weight is 494 g/mol. The molecule has 6 rings (SSSR count). The second-order valence-electron chi connectivity index (χ2n) is 10.5. The van der Waals surface area contributed by atoms with E-state index in [2.05, 4.69) is 0 Å². The normalized spacial score (nSPS) is 27.0. The van der Waals surface area contributed by atoms with Crippen molar-refractivity contribution in [1.82, 2.24) is 4.90 Å². The van der Waals surface area contributed by atoms with Crippen LogP contribution < -0.4 is 0 Å². The molecule has 6 nitrogen and oxygen atoms in total. The Bertz CT molecular complexity index is 1480. The molecule has 1 saturated heterocycles. The molecule has 2 aromatic carbocycles. The van der Waals surface area contributed by atoms with E-state index in [1.807, 2.05) is 42.5 Å². The molecule has 1 N–H and O–H groups in total. The van der Waals surface area contributed by atoms with Gasteiger partial charge in [-0.05, 0) is 61.4 Å². The molecule has 1 heterocycles. The monoisotopic (exact) mass is 493 g/mol. The Morgan fingerprint density at radius 3 is 2.43 bits per heavy atom. The maximum absolute atomic E-state index is 13.8. The number of carbonyl (C=O) groups is 4. The van der Waals surface area contributed by atoms with Crippen LogP contribution in [0.2, 0.25) is 0 Å². The SMILES string of the molecule is CC1=CC(=O)C2=C(C1=O)C(c1ccc(O)c(C)c1)C1=CCC3C(=O)N(Cc4ccccc4)C(=O)C3C1C2. The topological polar surface area (TPSA) is 91.8 Å². The van der Waals surface area contributed by atoms with E-state index in [1.165, 1.54) is 11.0 Å². The third-order valence-electron chi connectivity index (χ3n) is 8.39. The lowest BCUT2D eigenvalue weighted by Crippen LogP contribution is -2.39. The maximum atomic E-state index is 13.8. The number of Topliss-reactive ketones (excluding diaryl/α,β-unsaturated/α-hetero) is 1. The van der Waals surface area contributed by atoms with Crippen LogP contribution in [-0.4, -0.2) is 33.4 Å². The van der Waals surface area contributed by atoms with Gasteiger partial charge >= 0.3 is 0 Å². The number of aryl methyl sites for hydroxylation is 1. The number of nitrogens with zero attached hydrogens (tertiary/aromatic N) is 1. The zero-order chi connectivity index (χ0) is 26.0. The number of hydrogen-bond acceptors (Lipinski definition) is 5. The summed E-state index contributed by atoms with van der Waals surface area (Å²) in [6.07, 6.45) is 4.09. The largest absolute Gasteiger partial charge is 0.508 e. The highest BCUT2D eigenvalue weighted by Crippen LogP contribution is 2.55. The smallest absolute Gasteiger partial charge is 0.234 e. The summed E-state index contributed by atoms with van der Waals surface area (Å²) in [6.45, 7) is 3.67. The number of allylic oxidation sites excluding steroid dienone is 6. The lowest BCUT2D eigenvalue weighted by atomic mass is 9.59. The Hall–Kier alpha value is -4.06. The summed E-state index contributed by atoms with van der Waals surface area (Å²) in [6, 6.07) is 14.7. The van der Waals surface area contributed by atoms with E-state index < -0.39 is 17.8 Å². The predicted molar refractivity (Wildman–Crippen MR) is 136 cm³/mol. The van der Waals surface area contributed by atoms with Crippen molar-refractivity contribution in [1.29, 1.82) is 0 Å². The molecule has 186 valence electrons. The number of benzene rings is 2. The highest BCUT2D eigenvalue weighted by atomic mass is 16.3. The molecule has 0 aromatic heterocycles. The molecule has 6 heteroatoms. The highest BCUT2D eigenvalue weighted by molar-refractivity contribution is 6.23. The first kappa shape index (κ1) is 23.3. The van der Waals surface area contributed by atoms with E-state index in [-0.39, 0.29) is 48.0 Å². The Kier molecular flexibility index (Phi) is 5.37. The van der Waals surface area contributed by atoms with Gasteiger partial charge in [-0.25, -0.2) is 0 Å². The minimum Gasteiger partial charge on any atom is -0.508 e. The summed E-state index contributed by atoms with van der Waals surface area (Å²) in [5.41, 5.74) is 4.58. The summed E-state index contributed by atoms with van der Waals surface area (Å²) in [5, 5.41) is 10.1. The van der Waals surface area contributed by atoms with Gasteiger partial charge in [0, 0.05) is 22.6 Å². The summed E-state index contributed by atoms with van der Waals surface area (Å²) in [5.74, 6) is -2.48. The number of aromatic hydroxyl groups is 1. The Morgan fingerprint density at radius 2 is 1.70 bits per heavy atom. The number of likely N-dealkylation sites (tertiary alicyclic amines) is 1. The van der Waals surface area contributed by atoms with Gasteiger partial charge in [-0.2, -0.15) is 0 Å². The Labute approximate surface area is 215 Å². The maximum Gasteiger partial charge on any atom is 0.234 e. The molecule has 0 saturated carbocycles. The summed E-state index contributed by atoms with van der Waals surface area (Å²) in [7, 11) is 0. The minimum absolute atomic E-state index is 0.151. The lowest BCUT2D eigenvalue weighted by Gasteiger charge is -2.42. The van der Waals surface area contributed by atoms with Crippen molar-refractivity contribution in [2.45, 2.75) is 39.2 Å². The van der Waals surface area contributed by atoms with E-state index in [0.717, 1.165) is 16.7 Å². The van der Waals surface area contributed by atoms with Gasteiger partial charge in [-0.15, -0.1) is 0 Å². The molecule has 0 spiro atoms. The number of imide groups is 1. The third-order valence-corrected chi connectivity index (χ3v) is 8.39. The van der Waals surface area contributed by atoms with Gasteiger partial charge in [0.25, 0.3) is 0 Å². The van der Waals surface area contributed by atoms with Crippen molar-refractivity contribution in [3.8, 4) is 5.75 Å². The zero-order valence-electron chi connectivity index (χ0n) is 20.7. The molecule has 4 aliphatic rings. The van der Waals surface area contributed by atoms with E-state index in [4.69, 9.17) is 0 Å². The van der Waals surface area contributed by atoms with Crippen LogP contribution in [0.25, 0.3) is 0 Å². The number of fused-ring (bicyclic) bond motifs is 3. The number of ketones is 2. The van der Waals surface area contributed by atoms with Gasteiger partial charge in [0.05, 0.1) is 18.4 Å². The molecule has 0 radical (unpaired) electrons. The zero-order valence-corrected chi connectivity index (χ0v) is 20.7. The number of amides is 2. The second-order valence-corrected chi connectivity index (χ2v) is 10.5. The Morgan fingerprint density at radius 1 is 0.946 bits per heavy atom. The van der Waals surface area contributed by atoms with E-state index >= 15 is 0 Å². The molecular weight excluding hydrogens is 466 g/mol. The van der Waals surface area contributed by atoms with E-state index in [9.17, 15) is 24.3 Å². The van der Waals surface area contributed by atoms with Crippen molar-refractivity contribution in [3.63, 3.8) is 0 Å². The first-order chi connectivity index (χ1) is 17.8. The molecule has 3 aliphatic carbocycles. The van der Waals surface area contributed by atoms with Crippen molar-refractivity contribution in [2.24, 2.45) is 17.8 Å². The van der Waals surface area contributed by atoms with Crippen LogP contribution in [0.15, 0.2) is 83.0 Å². The van der Waals surface area contributed by atoms with Crippen LogP contribution in [0.1, 0.15) is 42.4 Å². The number of hydrogen-bond donors (Lipinski definition) is 1. The van der Waals surface area contributed by atoms with Gasteiger partial charge in [0.1, 0.15) is 5.75 Å². The average Bonchev–Trinajstić information content (AvgIpc) is 3.13. The first-order valence-electron chi connectivity index (χ1n) is 12.6. The molecule has 0 bridgehead atoms. The second kappa shape index (κ2) is 8.51. The van der Waals surface area contributed by atoms with Crippen LogP contribution in [0.4, 0.5) is 0 Å². The Balaban J connectivity index is 1.45. The summed E-state index contributed by atoms with van der Waals surface area (Å²) in [4.78, 5) is 55.2.